The summed E-state index contributed by atoms with van der Waals surface area (Å²) in [5.74, 6) is -0.879. The molecule has 2 rings (SSSR count). The van der Waals surface area contributed by atoms with E-state index in [1.54, 1.807) is 4.45 Å². The van der Waals surface area contributed by atoms with Gasteiger partial charge in [0.25, 0.3) is 0 Å². The first kappa shape index (κ1) is 10.4. The fraction of sp³-hybridized carbons (Fsp3) is 0. The third kappa shape index (κ3) is 1.47. The van der Waals surface area contributed by atoms with Gasteiger partial charge in [-0.15, -0.1) is 0 Å². The lowest BCUT2D eigenvalue weighted by Gasteiger charge is -2.01. The van der Waals surface area contributed by atoms with Crippen LogP contribution >= 0.6 is 40.0 Å². The molecule has 1 unspecified atom stereocenters. The summed E-state index contributed by atoms with van der Waals surface area (Å²) in [6.07, 6.45) is 1.83. The number of nitrogens with zero attached hydrogens (tertiary/aromatic N) is 2. The molecule has 1 N–H and O–H groups in total. The van der Waals surface area contributed by atoms with Crippen LogP contribution in [0.5, 0.6) is 5.75 Å². The standard InChI is InChI=1S/C7H4ClFIN2OP/c8-6-4(9)1-5-3(7(6)13)2-11-12(5)14-10/h1-2,13-14H. The maximum Gasteiger partial charge on any atom is 0.148 e. The van der Waals surface area contributed by atoms with Crippen molar-refractivity contribution in [1.29, 1.82) is 0 Å². The second kappa shape index (κ2) is 3.79. The molecule has 0 amide bonds. The van der Waals surface area contributed by atoms with Gasteiger partial charge in [-0.25, -0.2) is 8.84 Å². The smallest absolute Gasteiger partial charge is 0.148 e. The third-order valence-electron chi connectivity index (χ3n) is 1.82. The summed E-state index contributed by atoms with van der Waals surface area (Å²) in [6, 6.07) is 1.27. The lowest BCUT2D eigenvalue weighted by Crippen LogP contribution is -1.84. The van der Waals surface area contributed by atoms with Crippen molar-refractivity contribution >= 4 is 50.9 Å². The van der Waals surface area contributed by atoms with Crippen LogP contribution in [0, 0.1) is 5.82 Å². The number of fused-ring (bicyclic) bond motifs is 1. The van der Waals surface area contributed by atoms with Crippen LogP contribution in [-0.4, -0.2) is 14.7 Å². The molecule has 74 valence electrons. The van der Waals surface area contributed by atoms with Crippen molar-refractivity contribution < 1.29 is 9.50 Å². The Morgan fingerprint density at radius 3 is 3.00 bits per heavy atom. The van der Waals surface area contributed by atoms with E-state index in [4.69, 9.17) is 11.6 Å². The molecule has 0 bridgehead atoms. The Hall–Kier alpha value is -0.130. The number of hydrogen-bond acceptors (Lipinski definition) is 2. The highest BCUT2D eigenvalue weighted by Crippen LogP contribution is 2.37. The predicted molar refractivity (Wildman–Crippen MR) is 64.1 cm³/mol. The molecule has 0 aliphatic carbocycles. The van der Waals surface area contributed by atoms with Gasteiger partial charge in [0, 0.05) is 6.07 Å². The highest BCUT2D eigenvalue weighted by atomic mass is 127. The van der Waals surface area contributed by atoms with Crippen molar-refractivity contribution in [2.24, 2.45) is 0 Å². The fourth-order valence-corrected chi connectivity index (χ4v) is 2.85. The average molecular weight is 344 g/mol. The Bertz CT molecular complexity index is 504. The molecule has 0 saturated heterocycles. The van der Waals surface area contributed by atoms with Crippen LogP contribution in [0.15, 0.2) is 12.3 Å². The van der Waals surface area contributed by atoms with Gasteiger partial charge in [-0.2, -0.15) is 5.10 Å². The van der Waals surface area contributed by atoms with Gasteiger partial charge in [0.1, 0.15) is 16.6 Å². The van der Waals surface area contributed by atoms with Gasteiger partial charge in [0.2, 0.25) is 0 Å². The number of aromatic hydroxyl groups is 1. The molecule has 0 saturated carbocycles. The fourth-order valence-electron chi connectivity index (χ4n) is 1.16. The molecule has 1 atom stereocenters. The predicted octanol–water partition coefficient (Wildman–Crippen LogP) is 3.33. The van der Waals surface area contributed by atoms with Crippen molar-refractivity contribution in [1.82, 2.24) is 9.55 Å². The minimum absolute atomic E-state index is 0.248. The van der Waals surface area contributed by atoms with E-state index in [9.17, 15) is 9.50 Å². The maximum atomic E-state index is 13.2. The number of halogens is 3. The zero-order valence-corrected chi connectivity index (χ0v) is 10.5. The van der Waals surface area contributed by atoms with Crippen molar-refractivity contribution in [2.75, 3.05) is 0 Å². The van der Waals surface area contributed by atoms with Crippen LogP contribution in [0.25, 0.3) is 10.9 Å². The molecule has 0 fully saturated rings. The van der Waals surface area contributed by atoms with Crippen molar-refractivity contribution in [3.63, 3.8) is 0 Å². The highest BCUT2D eigenvalue weighted by molar-refractivity contribution is 14.2. The molecule has 14 heavy (non-hydrogen) atoms. The Morgan fingerprint density at radius 1 is 1.64 bits per heavy atom. The molecule has 0 radical (unpaired) electrons. The van der Waals surface area contributed by atoms with Gasteiger partial charge in [-0.05, 0) is 22.0 Å². The topological polar surface area (TPSA) is 38.1 Å². The number of phenols is 1. The van der Waals surface area contributed by atoms with Crippen LogP contribution in [-0.2, 0) is 0 Å². The second-order valence-corrected chi connectivity index (χ2v) is 5.01. The molecule has 2 aromatic rings. The third-order valence-corrected chi connectivity index (χ3v) is 4.07. The van der Waals surface area contributed by atoms with E-state index in [-0.39, 0.29) is 10.8 Å². The van der Waals surface area contributed by atoms with E-state index in [2.05, 4.69) is 27.1 Å². The van der Waals surface area contributed by atoms with E-state index >= 15 is 0 Å². The molecule has 0 aliphatic heterocycles. The van der Waals surface area contributed by atoms with Crippen LogP contribution in [0.3, 0.4) is 0 Å². The van der Waals surface area contributed by atoms with Gasteiger partial charge in [0.05, 0.1) is 23.5 Å². The van der Waals surface area contributed by atoms with Gasteiger partial charge >= 0.3 is 0 Å². The molecule has 7 heteroatoms. The van der Waals surface area contributed by atoms with E-state index in [0.717, 1.165) is 0 Å². The van der Waals surface area contributed by atoms with Crippen LogP contribution in [0.2, 0.25) is 5.02 Å². The Labute approximate surface area is 98.6 Å². The Balaban J connectivity index is 2.86. The summed E-state index contributed by atoms with van der Waals surface area (Å²) >= 11 is 7.67. The molecular formula is C7H4ClFIN2OP. The minimum atomic E-state index is -0.631. The van der Waals surface area contributed by atoms with Gasteiger partial charge in [-0.1, -0.05) is 11.6 Å². The van der Waals surface area contributed by atoms with Crippen molar-refractivity contribution in [3.05, 3.63) is 23.1 Å². The Morgan fingerprint density at radius 2 is 2.36 bits per heavy atom. The number of phenolic OH excluding ortho intramolecular Hbond substituents is 1. The van der Waals surface area contributed by atoms with Gasteiger partial charge in [0.15, 0.2) is 0 Å². The molecule has 3 nitrogen and oxygen atoms in total. The van der Waals surface area contributed by atoms with E-state index in [1.165, 1.54) is 12.3 Å². The molecule has 1 heterocycles. The van der Waals surface area contributed by atoms with Crippen LogP contribution in [0.4, 0.5) is 4.39 Å². The molecule has 1 aromatic heterocycles. The summed E-state index contributed by atoms with van der Waals surface area (Å²) in [4.78, 5) is 0. The van der Waals surface area contributed by atoms with Crippen molar-refractivity contribution in [3.8, 4) is 5.75 Å². The SMILES string of the molecule is Oc1c(Cl)c(F)cc2c1cnn2PI. The number of benzene rings is 1. The first-order chi connectivity index (χ1) is 6.65. The molecule has 0 spiro atoms. The zero-order valence-electron chi connectivity index (χ0n) is 6.63. The lowest BCUT2D eigenvalue weighted by atomic mass is 10.2. The second-order valence-electron chi connectivity index (χ2n) is 2.59. The molecule has 0 aliphatic rings. The van der Waals surface area contributed by atoms with Crippen molar-refractivity contribution in [2.45, 2.75) is 0 Å². The summed E-state index contributed by atoms with van der Waals surface area (Å²) < 4.78 is 14.8. The van der Waals surface area contributed by atoms with Crippen LogP contribution < -0.4 is 0 Å². The Kier molecular flexibility index (Phi) is 2.81. The number of aromatic nitrogens is 2. The monoisotopic (exact) mass is 344 g/mol. The minimum Gasteiger partial charge on any atom is -0.506 e. The summed E-state index contributed by atoms with van der Waals surface area (Å²) in [7, 11) is 0. The number of hydrogen-bond donors (Lipinski definition) is 1. The summed E-state index contributed by atoms with van der Waals surface area (Å²) in [6.45, 7) is 0. The quantitative estimate of drug-likeness (QED) is 0.636. The molecule has 1 aromatic carbocycles. The van der Waals surface area contributed by atoms with E-state index in [0.29, 0.717) is 17.3 Å². The van der Waals surface area contributed by atoms with Gasteiger partial charge in [-0.3, -0.25) is 0 Å². The van der Waals surface area contributed by atoms with Crippen LogP contribution in [0.1, 0.15) is 0 Å². The average Bonchev–Trinajstić information content (AvgIpc) is 2.57. The zero-order chi connectivity index (χ0) is 10.3. The summed E-state index contributed by atoms with van der Waals surface area (Å²) in [5.41, 5.74) is 0.553. The lowest BCUT2D eigenvalue weighted by molar-refractivity contribution is 0.476. The largest absolute Gasteiger partial charge is 0.506 e. The molecular weight excluding hydrogens is 340 g/mol. The first-order valence-corrected chi connectivity index (χ1v) is 8.00. The first-order valence-electron chi connectivity index (χ1n) is 3.56. The normalized spacial score (nSPS) is 11.9. The van der Waals surface area contributed by atoms with E-state index in [1.807, 2.05) is 0 Å². The number of rotatable bonds is 1. The summed E-state index contributed by atoms with van der Waals surface area (Å²) in [5, 5.41) is 13.7. The maximum absolute atomic E-state index is 13.2. The van der Waals surface area contributed by atoms with Gasteiger partial charge < -0.3 is 5.11 Å². The van der Waals surface area contributed by atoms with E-state index < -0.39 is 5.82 Å². The highest BCUT2D eigenvalue weighted by Gasteiger charge is 2.14.